The van der Waals surface area contributed by atoms with E-state index in [1.54, 1.807) is 0 Å². The summed E-state index contributed by atoms with van der Waals surface area (Å²) < 4.78 is 47.4. The van der Waals surface area contributed by atoms with Crippen molar-refractivity contribution in [2.45, 2.75) is 48.5 Å². The number of aliphatic hydroxyl groups excluding tert-OH is 3. The third-order valence-electron chi connectivity index (χ3n) is 5.40. The van der Waals surface area contributed by atoms with Crippen molar-refractivity contribution in [1.29, 1.82) is 0 Å². The van der Waals surface area contributed by atoms with Crippen LogP contribution < -0.4 is 0 Å². The average molecular weight is 431 g/mol. The first kappa shape index (κ1) is 20.6. The Labute approximate surface area is 168 Å². The molecule has 1 aromatic carbocycles. The second-order valence-electron chi connectivity index (χ2n) is 7.22. The number of nitrogens with zero attached hydrogens (tertiary/aromatic N) is 3. The Kier molecular flexibility index (Phi) is 5.60. The number of halogens is 3. The van der Waals surface area contributed by atoms with Crippen molar-refractivity contribution in [3.05, 3.63) is 35.8 Å². The van der Waals surface area contributed by atoms with E-state index in [1.165, 1.54) is 22.6 Å². The lowest BCUT2D eigenvalue weighted by Gasteiger charge is -2.51. The van der Waals surface area contributed by atoms with Crippen LogP contribution in [0.2, 0.25) is 0 Å². The zero-order valence-corrected chi connectivity index (χ0v) is 16.0. The molecular weight excluding hydrogens is 411 g/mol. The van der Waals surface area contributed by atoms with E-state index >= 15 is 0 Å². The van der Waals surface area contributed by atoms with E-state index in [2.05, 4.69) is 10.3 Å². The molecule has 0 aliphatic carbocycles. The molecule has 4 rings (SSSR count). The van der Waals surface area contributed by atoms with E-state index in [4.69, 9.17) is 4.74 Å². The maximum Gasteiger partial charge on any atom is 0.194 e. The second-order valence-corrected chi connectivity index (χ2v) is 8.61. The van der Waals surface area contributed by atoms with E-state index in [-0.39, 0.29) is 11.3 Å². The Balaban J connectivity index is 1.69. The van der Waals surface area contributed by atoms with Gasteiger partial charge in [0, 0.05) is 5.56 Å². The molecule has 0 bridgehead atoms. The highest BCUT2D eigenvalue weighted by Gasteiger charge is 2.55. The Hall–Kier alpha value is -1.66. The molecule has 2 aliphatic rings. The molecule has 0 unspecified atom stereocenters. The lowest BCUT2D eigenvalue weighted by molar-refractivity contribution is -0.222. The quantitative estimate of drug-likeness (QED) is 0.635. The summed E-state index contributed by atoms with van der Waals surface area (Å²) >= 11 is 1.43. The summed E-state index contributed by atoms with van der Waals surface area (Å²) in [7, 11) is 0. The number of aromatic nitrogens is 3. The molecule has 0 saturated carbocycles. The third kappa shape index (κ3) is 3.55. The van der Waals surface area contributed by atoms with E-state index < -0.39 is 53.3 Å². The molecule has 29 heavy (non-hydrogen) atoms. The number of aliphatic hydroxyl groups is 3. The molecule has 2 fully saturated rings. The van der Waals surface area contributed by atoms with Crippen LogP contribution in [0.5, 0.6) is 0 Å². The summed E-state index contributed by atoms with van der Waals surface area (Å²) in [6.45, 7) is -0.456. The minimum atomic E-state index is -1.58. The number of thioether (sulfide) groups is 1. The fraction of sp³-hybridized carbons (Fsp3) is 0.556. The molecule has 2 aromatic rings. The Morgan fingerprint density at radius 2 is 1.93 bits per heavy atom. The molecule has 0 radical (unpaired) electrons. The lowest BCUT2D eigenvalue weighted by Crippen LogP contribution is -2.62. The smallest absolute Gasteiger partial charge is 0.194 e. The van der Waals surface area contributed by atoms with Gasteiger partial charge in [0.25, 0.3) is 0 Å². The summed E-state index contributed by atoms with van der Waals surface area (Å²) in [5, 5.41) is 39.1. The monoisotopic (exact) mass is 431 g/mol. The number of benzene rings is 1. The highest BCUT2D eigenvalue weighted by Crippen LogP contribution is 2.48. The summed E-state index contributed by atoms with van der Waals surface area (Å²) in [5.41, 5.74) is 0.00346. The number of rotatable bonds is 3. The largest absolute Gasteiger partial charge is 0.394 e. The van der Waals surface area contributed by atoms with Gasteiger partial charge in [0.05, 0.1) is 12.8 Å². The molecule has 5 atom stereocenters. The fourth-order valence-electron chi connectivity index (χ4n) is 3.88. The molecule has 3 N–H and O–H groups in total. The Bertz CT molecular complexity index is 870. The van der Waals surface area contributed by atoms with Crippen molar-refractivity contribution in [2.75, 3.05) is 12.4 Å². The van der Waals surface area contributed by atoms with Crippen LogP contribution in [0.25, 0.3) is 11.3 Å². The first-order valence-electron chi connectivity index (χ1n) is 9.22. The van der Waals surface area contributed by atoms with Crippen LogP contribution in [-0.2, 0) is 4.74 Å². The van der Waals surface area contributed by atoms with Crippen molar-refractivity contribution >= 4 is 11.8 Å². The Morgan fingerprint density at radius 1 is 1.21 bits per heavy atom. The maximum atomic E-state index is 13.5. The zero-order valence-electron chi connectivity index (χ0n) is 15.2. The van der Waals surface area contributed by atoms with E-state index in [0.717, 1.165) is 30.7 Å². The van der Waals surface area contributed by atoms with Crippen LogP contribution >= 0.6 is 11.8 Å². The molecule has 11 heteroatoms. The van der Waals surface area contributed by atoms with Gasteiger partial charge in [0.1, 0.15) is 35.0 Å². The van der Waals surface area contributed by atoms with Gasteiger partial charge in [0.15, 0.2) is 17.5 Å². The minimum Gasteiger partial charge on any atom is -0.394 e. The summed E-state index contributed by atoms with van der Waals surface area (Å²) in [6.07, 6.45) is 0.235. The molecule has 3 heterocycles. The molecule has 1 spiro atoms. The van der Waals surface area contributed by atoms with Crippen LogP contribution in [0.1, 0.15) is 25.3 Å². The van der Waals surface area contributed by atoms with Gasteiger partial charge in [-0.1, -0.05) is 5.21 Å². The summed E-state index contributed by atoms with van der Waals surface area (Å²) in [4.78, 5) is -1.00. The van der Waals surface area contributed by atoms with Crippen LogP contribution in [0.3, 0.4) is 0 Å². The van der Waals surface area contributed by atoms with Gasteiger partial charge in [-0.05, 0) is 37.1 Å². The molecule has 2 saturated heterocycles. The van der Waals surface area contributed by atoms with Crippen LogP contribution in [0.15, 0.2) is 18.3 Å². The van der Waals surface area contributed by atoms with Gasteiger partial charge in [0.2, 0.25) is 0 Å². The van der Waals surface area contributed by atoms with Crippen molar-refractivity contribution in [1.82, 2.24) is 15.0 Å². The van der Waals surface area contributed by atoms with Crippen molar-refractivity contribution in [3.63, 3.8) is 0 Å². The molecule has 0 amide bonds. The van der Waals surface area contributed by atoms with E-state index in [9.17, 15) is 28.5 Å². The first-order chi connectivity index (χ1) is 13.9. The van der Waals surface area contributed by atoms with Gasteiger partial charge in [-0.3, -0.25) is 0 Å². The topological polar surface area (TPSA) is 101 Å². The predicted octanol–water partition coefficient (Wildman–Crippen LogP) is 1.63. The van der Waals surface area contributed by atoms with E-state index in [0.29, 0.717) is 6.42 Å². The maximum absolute atomic E-state index is 13.5. The van der Waals surface area contributed by atoms with Crippen molar-refractivity contribution < 1.29 is 33.2 Å². The van der Waals surface area contributed by atoms with Crippen LogP contribution in [0, 0.1) is 17.5 Å². The van der Waals surface area contributed by atoms with Crippen molar-refractivity contribution in [2.24, 2.45) is 0 Å². The van der Waals surface area contributed by atoms with Gasteiger partial charge in [-0.15, -0.1) is 16.9 Å². The Morgan fingerprint density at radius 3 is 2.55 bits per heavy atom. The first-order valence-corrected chi connectivity index (χ1v) is 10.2. The second kappa shape index (κ2) is 7.88. The SMILES string of the molecule is OC[C@H]1O[C@@]2(CCCCS2)[C@H](O)[C@@H](n2cc(-c3cc(F)c(F)c(F)c3)nn2)[C@H]1O. The number of hydrogen-bond acceptors (Lipinski definition) is 7. The molecule has 7 nitrogen and oxygen atoms in total. The predicted molar refractivity (Wildman–Crippen MR) is 97.4 cm³/mol. The van der Waals surface area contributed by atoms with Crippen molar-refractivity contribution in [3.8, 4) is 11.3 Å². The van der Waals surface area contributed by atoms with E-state index in [1.807, 2.05) is 0 Å². The van der Waals surface area contributed by atoms with Gasteiger partial charge < -0.3 is 20.1 Å². The van der Waals surface area contributed by atoms with Crippen LogP contribution in [0.4, 0.5) is 13.2 Å². The number of hydrogen-bond donors (Lipinski definition) is 3. The van der Waals surface area contributed by atoms with Gasteiger partial charge >= 0.3 is 0 Å². The van der Waals surface area contributed by atoms with Crippen LogP contribution in [-0.4, -0.2) is 65.9 Å². The van der Waals surface area contributed by atoms with Gasteiger partial charge in [-0.2, -0.15) is 0 Å². The summed E-state index contributed by atoms with van der Waals surface area (Å²) in [6, 6.07) is 0.583. The highest BCUT2D eigenvalue weighted by molar-refractivity contribution is 8.00. The molecule has 1 aromatic heterocycles. The highest BCUT2D eigenvalue weighted by atomic mass is 32.2. The zero-order chi connectivity index (χ0) is 20.8. The normalized spacial score (nSPS) is 32.6. The third-order valence-corrected chi connectivity index (χ3v) is 6.92. The average Bonchev–Trinajstić information content (AvgIpc) is 3.19. The molecule has 2 aliphatic heterocycles. The number of ether oxygens (including phenoxy) is 1. The minimum absolute atomic E-state index is 0.0378. The molecular formula is C18H20F3N3O4S. The summed E-state index contributed by atoms with van der Waals surface area (Å²) in [5.74, 6) is -3.55. The van der Waals surface area contributed by atoms with Gasteiger partial charge in [-0.25, -0.2) is 17.9 Å². The molecule has 158 valence electrons. The fourth-order valence-corrected chi connectivity index (χ4v) is 5.37. The standard InChI is InChI=1S/C18H20F3N3O4S/c19-10-5-9(6-11(20)14(10)21)12-7-24(23-22-12)15-16(26)13(8-25)28-18(17(15)27)3-1-2-4-29-18/h5-7,13,15-17,25-27H,1-4,8H2/t13-,15+,16+,17-,18-/m1/s1. The lowest BCUT2D eigenvalue weighted by atomic mass is 9.89.